The molecular formula is C27H33FN6. The molecule has 2 aromatic heterocycles. The van der Waals surface area contributed by atoms with Crippen molar-refractivity contribution in [2.75, 3.05) is 32.0 Å². The lowest BCUT2D eigenvalue weighted by Crippen LogP contribution is -2.31. The SMILES string of the molecule is CC1=Nc2c(F)cc(-c3c[nH]c4nc(NCC5(C)CC5)ncc34)cc2C1CC1CCN(C)CC1. The third kappa shape index (κ3) is 4.00. The molecule has 3 aromatic rings. The molecule has 4 heterocycles. The molecule has 1 aromatic carbocycles. The van der Waals surface area contributed by atoms with Crippen LogP contribution in [0.2, 0.25) is 0 Å². The van der Waals surface area contributed by atoms with Crippen LogP contribution in [0.25, 0.3) is 22.2 Å². The summed E-state index contributed by atoms with van der Waals surface area (Å²) in [5, 5.41) is 4.27. The van der Waals surface area contributed by atoms with Crippen LogP contribution in [0.5, 0.6) is 0 Å². The van der Waals surface area contributed by atoms with Gasteiger partial charge >= 0.3 is 0 Å². The summed E-state index contributed by atoms with van der Waals surface area (Å²) in [6.07, 6.45) is 9.71. The van der Waals surface area contributed by atoms with Gasteiger partial charge in [0, 0.05) is 41.5 Å². The van der Waals surface area contributed by atoms with Crippen LogP contribution in [0.15, 0.2) is 29.5 Å². The number of aromatic nitrogens is 3. The maximum atomic E-state index is 15.2. The number of rotatable bonds is 6. The highest BCUT2D eigenvalue weighted by molar-refractivity contribution is 5.99. The molecule has 3 aliphatic rings. The molecule has 178 valence electrons. The van der Waals surface area contributed by atoms with E-state index < -0.39 is 0 Å². The van der Waals surface area contributed by atoms with Gasteiger partial charge in [0.05, 0.1) is 0 Å². The summed E-state index contributed by atoms with van der Waals surface area (Å²) < 4.78 is 15.2. The molecule has 1 aliphatic carbocycles. The summed E-state index contributed by atoms with van der Waals surface area (Å²) in [7, 11) is 2.19. The predicted molar refractivity (Wildman–Crippen MR) is 135 cm³/mol. The topological polar surface area (TPSA) is 69.2 Å². The van der Waals surface area contributed by atoms with Gasteiger partial charge in [0.15, 0.2) is 0 Å². The van der Waals surface area contributed by atoms with Crippen LogP contribution in [0.3, 0.4) is 0 Å². The van der Waals surface area contributed by atoms with Crippen LogP contribution in [-0.2, 0) is 0 Å². The predicted octanol–water partition coefficient (Wildman–Crippen LogP) is 5.90. The maximum absolute atomic E-state index is 15.2. The number of aliphatic imine (C=N–C) groups is 1. The molecule has 0 radical (unpaired) electrons. The van der Waals surface area contributed by atoms with Gasteiger partial charge in [-0.3, -0.25) is 4.99 Å². The van der Waals surface area contributed by atoms with E-state index in [2.05, 4.69) is 57.1 Å². The highest BCUT2D eigenvalue weighted by Crippen LogP contribution is 2.45. The minimum atomic E-state index is -0.246. The number of fused-ring (bicyclic) bond motifs is 2. The maximum Gasteiger partial charge on any atom is 0.224 e. The Balaban J connectivity index is 1.28. The van der Waals surface area contributed by atoms with Crippen LogP contribution >= 0.6 is 0 Å². The van der Waals surface area contributed by atoms with E-state index in [1.54, 1.807) is 6.07 Å². The molecule has 0 amide bonds. The summed E-state index contributed by atoms with van der Waals surface area (Å²) in [6, 6.07) is 3.75. The Kier molecular flexibility index (Phi) is 5.21. The minimum Gasteiger partial charge on any atom is -0.354 e. The standard InChI is InChI=1S/C27H33FN6/c1-16-19(10-17-4-8-34(3)9-5-17)20-11-18(12-23(28)24(20)32-16)21-13-29-25-22(21)14-30-26(33-25)31-15-27(2)6-7-27/h11-14,17,19H,4-10,15H2,1-3H3,(H2,29,30,31,33). The Morgan fingerprint density at radius 2 is 2.03 bits per heavy atom. The molecule has 6 nitrogen and oxygen atoms in total. The van der Waals surface area contributed by atoms with Gasteiger partial charge in [-0.1, -0.05) is 6.92 Å². The number of likely N-dealkylation sites (tertiary alicyclic amines) is 1. The molecular weight excluding hydrogens is 427 g/mol. The molecule has 2 N–H and O–H groups in total. The molecule has 2 fully saturated rings. The quantitative estimate of drug-likeness (QED) is 0.481. The number of benzene rings is 1. The van der Waals surface area contributed by atoms with Crippen molar-refractivity contribution in [2.45, 2.75) is 51.9 Å². The largest absolute Gasteiger partial charge is 0.354 e. The summed E-state index contributed by atoms with van der Waals surface area (Å²) in [5.74, 6) is 1.24. The van der Waals surface area contributed by atoms with Crippen molar-refractivity contribution in [3.8, 4) is 11.1 Å². The number of halogens is 1. The number of anilines is 1. The van der Waals surface area contributed by atoms with Crippen LogP contribution < -0.4 is 5.32 Å². The van der Waals surface area contributed by atoms with Crippen molar-refractivity contribution in [1.82, 2.24) is 19.9 Å². The third-order valence-corrected chi connectivity index (χ3v) is 8.19. The number of aromatic amines is 1. The molecule has 1 saturated carbocycles. The first-order valence-electron chi connectivity index (χ1n) is 12.5. The van der Waals surface area contributed by atoms with Gasteiger partial charge in [-0.15, -0.1) is 0 Å². The van der Waals surface area contributed by atoms with E-state index in [0.717, 1.165) is 59.5 Å². The van der Waals surface area contributed by atoms with E-state index in [9.17, 15) is 0 Å². The molecule has 7 heteroatoms. The zero-order valence-corrected chi connectivity index (χ0v) is 20.3. The number of H-pyrrole nitrogens is 1. The van der Waals surface area contributed by atoms with E-state index >= 15 is 4.39 Å². The number of nitrogens with one attached hydrogen (secondary N) is 2. The van der Waals surface area contributed by atoms with E-state index in [1.807, 2.05) is 12.4 Å². The van der Waals surface area contributed by atoms with Crippen LogP contribution in [0.4, 0.5) is 16.0 Å². The lowest BCUT2D eigenvalue weighted by Gasteiger charge is -2.30. The zero-order valence-electron chi connectivity index (χ0n) is 20.3. The first kappa shape index (κ1) is 21.7. The highest BCUT2D eigenvalue weighted by Gasteiger charge is 2.37. The van der Waals surface area contributed by atoms with Crippen molar-refractivity contribution in [3.05, 3.63) is 35.9 Å². The Morgan fingerprint density at radius 1 is 1.24 bits per heavy atom. The Hall–Kier alpha value is -2.80. The smallest absolute Gasteiger partial charge is 0.224 e. The Bertz CT molecular complexity index is 1270. The first-order chi connectivity index (χ1) is 16.4. The van der Waals surface area contributed by atoms with E-state index in [-0.39, 0.29) is 11.7 Å². The minimum absolute atomic E-state index is 0.193. The van der Waals surface area contributed by atoms with E-state index in [0.29, 0.717) is 23.0 Å². The summed E-state index contributed by atoms with van der Waals surface area (Å²) in [6.45, 7) is 7.49. The second-order valence-electron chi connectivity index (χ2n) is 11.0. The van der Waals surface area contributed by atoms with Gasteiger partial charge < -0.3 is 15.2 Å². The fraction of sp³-hybridized carbons (Fsp3) is 0.519. The summed E-state index contributed by atoms with van der Waals surface area (Å²) in [4.78, 5) is 19.5. The number of nitrogens with zero attached hydrogens (tertiary/aromatic N) is 4. The van der Waals surface area contributed by atoms with Crippen molar-refractivity contribution >= 4 is 28.4 Å². The van der Waals surface area contributed by atoms with E-state index in [1.165, 1.54) is 25.7 Å². The monoisotopic (exact) mass is 460 g/mol. The molecule has 2 aliphatic heterocycles. The Labute approximate surface area is 200 Å². The zero-order chi connectivity index (χ0) is 23.4. The molecule has 6 rings (SSSR count). The second kappa shape index (κ2) is 8.15. The van der Waals surface area contributed by atoms with Gasteiger partial charge in [0.25, 0.3) is 0 Å². The molecule has 1 unspecified atom stereocenters. The van der Waals surface area contributed by atoms with Crippen molar-refractivity contribution in [2.24, 2.45) is 16.3 Å². The molecule has 1 atom stereocenters. The second-order valence-corrected chi connectivity index (χ2v) is 11.0. The van der Waals surface area contributed by atoms with Gasteiger partial charge in [-0.25, -0.2) is 9.37 Å². The number of piperidine rings is 1. The number of hydrogen-bond acceptors (Lipinski definition) is 5. The lowest BCUT2D eigenvalue weighted by atomic mass is 9.82. The fourth-order valence-electron chi connectivity index (χ4n) is 5.48. The van der Waals surface area contributed by atoms with Crippen molar-refractivity contribution in [1.29, 1.82) is 0 Å². The van der Waals surface area contributed by atoms with Crippen LogP contribution in [0.1, 0.15) is 57.4 Å². The molecule has 0 spiro atoms. The molecule has 0 bridgehead atoms. The summed E-state index contributed by atoms with van der Waals surface area (Å²) in [5.41, 5.74) is 5.52. The van der Waals surface area contributed by atoms with E-state index in [4.69, 9.17) is 0 Å². The van der Waals surface area contributed by atoms with Gasteiger partial charge in [-0.2, -0.15) is 4.98 Å². The van der Waals surface area contributed by atoms with Crippen molar-refractivity contribution in [3.63, 3.8) is 0 Å². The lowest BCUT2D eigenvalue weighted by molar-refractivity contribution is 0.211. The normalized spacial score (nSPS) is 22.1. The average Bonchev–Trinajstić information content (AvgIpc) is 3.28. The van der Waals surface area contributed by atoms with Crippen molar-refractivity contribution < 1.29 is 4.39 Å². The fourth-order valence-corrected chi connectivity index (χ4v) is 5.48. The third-order valence-electron chi connectivity index (χ3n) is 8.19. The van der Waals surface area contributed by atoms with Crippen LogP contribution in [0, 0.1) is 17.2 Å². The first-order valence-corrected chi connectivity index (χ1v) is 12.5. The average molecular weight is 461 g/mol. The van der Waals surface area contributed by atoms with Gasteiger partial charge in [0.1, 0.15) is 17.2 Å². The molecule has 1 saturated heterocycles. The van der Waals surface area contributed by atoms with Crippen LogP contribution in [-0.4, -0.2) is 52.2 Å². The Morgan fingerprint density at radius 3 is 2.79 bits per heavy atom. The molecule has 34 heavy (non-hydrogen) atoms. The highest BCUT2D eigenvalue weighted by atomic mass is 19.1. The van der Waals surface area contributed by atoms with Gasteiger partial charge in [-0.05, 0) is 93.8 Å². The van der Waals surface area contributed by atoms with Gasteiger partial charge in [0.2, 0.25) is 5.95 Å². The number of hydrogen-bond donors (Lipinski definition) is 2. The summed E-state index contributed by atoms with van der Waals surface area (Å²) >= 11 is 0.